The number of rotatable bonds is 5. The van der Waals surface area contributed by atoms with Gasteiger partial charge < -0.3 is 15.2 Å². The molecule has 0 aliphatic heterocycles. The van der Waals surface area contributed by atoms with Crippen LogP contribution in [0.3, 0.4) is 0 Å². The Kier molecular flexibility index (Phi) is 4.25. The second-order valence-corrected chi connectivity index (χ2v) is 4.37. The number of anilines is 1. The third kappa shape index (κ3) is 2.91. The number of benzene rings is 2. The minimum atomic E-state index is -0.0466. The van der Waals surface area contributed by atoms with Crippen LogP contribution in [-0.2, 0) is 6.42 Å². The van der Waals surface area contributed by atoms with Crippen LogP contribution in [0.25, 0.3) is 0 Å². The molecule has 0 radical (unpaired) electrons. The SMILES string of the molecule is COc1cccc(CC(=O)c2cccc(OC)c2N)c1. The van der Waals surface area contributed by atoms with Gasteiger partial charge in [-0.15, -0.1) is 0 Å². The van der Waals surface area contributed by atoms with Gasteiger partial charge in [-0.3, -0.25) is 4.79 Å². The van der Waals surface area contributed by atoms with E-state index < -0.39 is 0 Å². The molecule has 0 aliphatic carbocycles. The predicted octanol–water partition coefficient (Wildman–Crippen LogP) is 2.71. The molecule has 0 saturated carbocycles. The molecule has 0 aliphatic rings. The van der Waals surface area contributed by atoms with E-state index in [1.165, 1.54) is 7.11 Å². The van der Waals surface area contributed by atoms with Crippen molar-refractivity contribution in [2.45, 2.75) is 6.42 Å². The van der Waals surface area contributed by atoms with Crippen molar-refractivity contribution in [1.29, 1.82) is 0 Å². The first-order valence-electron chi connectivity index (χ1n) is 6.24. The molecule has 4 heteroatoms. The summed E-state index contributed by atoms with van der Waals surface area (Å²) in [6, 6.07) is 12.6. The van der Waals surface area contributed by atoms with Gasteiger partial charge in [0.1, 0.15) is 11.5 Å². The minimum absolute atomic E-state index is 0.0466. The van der Waals surface area contributed by atoms with E-state index in [0.717, 1.165) is 11.3 Å². The smallest absolute Gasteiger partial charge is 0.169 e. The molecule has 2 aromatic rings. The van der Waals surface area contributed by atoms with Gasteiger partial charge >= 0.3 is 0 Å². The zero-order valence-electron chi connectivity index (χ0n) is 11.6. The van der Waals surface area contributed by atoms with Crippen LogP contribution in [0.15, 0.2) is 42.5 Å². The molecular formula is C16H17NO3. The normalized spacial score (nSPS) is 10.1. The van der Waals surface area contributed by atoms with Gasteiger partial charge in [0, 0.05) is 12.0 Å². The lowest BCUT2D eigenvalue weighted by atomic mass is 10.0. The molecule has 0 amide bonds. The van der Waals surface area contributed by atoms with E-state index in [1.807, 2.05) is 24.3 Å². The molecule has 2 aromatic carbocycles. The van der Waals surface area contributed by atoms with Gasteiger partial charge in [0.05, 0.1) is 19.9 Å². The summed E-state index contributed by atoms with van der Waals surface area (Å²) < 4.78 is 10.3. The first-order valence-corrected chi connectivity index (χ1v) is 6.24. The third-order valence-corrected chi connectivity index (χ3v) is 3.09. The highest BCUT2D eigenvalue weighted by atomic mass is 16.5. The summed E-state index contributed by atoms with van der Waals surface area (Å²) in [7, 11) is 3.13. The van der Waals surface area contributed by atoms with E-state index in [4.69, 9.17) is 15.2 Å². The fourth-order valence-corrected chi connectivity index (χ4v) is 2.03. The lowest BCUT2D eigenvalue weighted by Gasteiger charge is -2.09. The fourth-order valence-electron chi connectivity index (χ4n) is 2.03. The molecule has 0 atom stereocenters. The maximum atomic E-state index is 12.3. The number of Topliss-reactive ketones (excluding diaryl/α,β-unsaturated/α-hetero) is 1. The molecule has 20 heavy (non-hydrogen) atoms. The van der Waals surface area contributed by atoms with Gasteiger partial charge in [-0.25, -0.2) is 0 Å². The van der Waals surface area contributed by atoms with Crippen LogP contribution in [0.2, 0.25) is 0 Å². The first kappa shape index (κ1) is 13.9. The fraction of sp³-hybridized carbons (Fsp3) is 0.188. The summed E-state index contributed by atoms with van der Waals surface area (Å²) in [5.41, 5.74) is 7.68. The first-order chi connectivity index (χ1) is 9.65. The van der Waals surface area contributed by atoms with Crippen LogP contribution in [-0.4, -0.2) is 20.0 Å². The number of carbonyl (C=O) groups is 1. The second-order valence-electron chi connectivity index (χ2n) is 4.37. The van der Waals surface area contributed by atoms with Crippen molar-refractivity contribution in [1.82, 2.24) is 0 Å². The predicted molar refractivity (Wildman–Crippen MR) is 78.4 cm³/mol. The molecule has 0 saturated heterocycles. The molecule has 0 fully saturated rings. The molecule has 0 spiro atoms. The zero-order valence-corrected chi connectivity index (χ0v) is 11.6. The maximum absolute atomic E-state index is 12.3. The number of nitrogen functional groups attached to an aromatic ring is 1. The number of para-hydroxylation sites is 1. The highest BCUT2D eigenvalue weighted by Crippen LogP contribution is 2.26. The van der Waals surface area contributed by atoms with Crippen molar-refractivity contribution >= 4 is 11.5 Å². The van der Waals surface area contributed by atoms with Crippen molar-refractivity contribution in [2.24, 2.45) is 0 Å². The maximum Gasteiger partial charge on any atom is 0.169 e. The summed E-state index contributed by atoms with van der Waals surface area (Å²) in [4.78, 5) is 12.3. The Morgan fingerprint density at radius 3 is 2.55 bits per heavy atom. The molecule has 0 aromatic heterocycles. The summed E-state index contributed by atoms with van der Waals surface area (Å²) in [5.74, 6) is 1.20. The van der Waals surface area contributed by atoms with Gasteiger partial charge in [0.25, 0.3) is 0 Å². The van der Waals surface area contributed by atoms with E-state index in [1.54, 1.807) is 25.3 Å². The van der Waals surface area contributed by atoms with Crippen LogP contribution < -0.4 is 15.2 Å². The number of methoxy groups -OCH3 is 2. The van der Waals surface area contributed by atoms with E-state index in [2.05, 4.69) is 0 Å². The van der Waals surface area contributed by atoms with Crippen LogP contribution in [0, 0.1) is 0 Å². The Labute approximate surface area is 118 Å². The molecule has 0 heterocycles. The average molecular weight is 271 g/mol. The second kappa shape index (κ2) is 6.10. The van der Waals surface area contributed by atoms with Crippen LogP contribution in [0.5, 0.6) is 11.5 Å². The van der Waals surface area contributed by atoms with E-state index in [-0.39, 0.29) is 12.2 Å². The Morgan fingerprint density at radius 1 is 1.10 bits per heavy atom. The molecule has 4 nitrogen and oxygen atoms in total. The lowest BCUT2D eigenvalue weighted by molar-refractivity contribution is 0.0993. The highest BCUT2D eigenvalue weighted by Gasteiger charge is 2.13. The third-order valence-electron chi connectivity index (χ3n) is 3.09. The minimum Gasteiger partial charge on any atom is -0.497 e. The van der Waals surface area contributed by atoms with Gasteiger partial charge in [0.2, 0.25) is 0 Å². The summed E-state index contributed by atoms with van der Waals surface area (Å²) in [5, 5.41) is 0. The van der Waals surface area contributed by atoms with Crippen LogP contribution in [0.4, 0.5) is 5.69 Å². The Hall–Kier alpha value is -2.49. The molecule has 0 bridgehead atoms. The molecule has 2 N–H and O–H groups in total. The van der Waals surface area contributed by atoms with Crippen LogP contribution >= 0.6 is 0 Å². The van der Waals surface area contributed by atoms with Crippen molar-refractivity contribution < 1.29 is 14.3 Å². The molecule has 104 valence electrons. The topological polar surface area (TPSA) is 61.5 Å². The number of hydrogen-bond acceptors (Lipinski definition) is 4. The highest BCUT2D eigenvalue weighted by molar-refractivity contribution is 6.03. The summed E-state index contributed by atoms with van der Waals surface area (Å²) in [6.07, 6.45) is 0.272. The number of ether oxygens (including phenoxy) is 2. The van der Waals surface area contributed by atoms with Crippen LogP contribution in [0.1, 0.15) is 15.9 Å². The number of carbonyl (C=O) groups excluding carboxylic acids is 1. The standard InChI is InChI=1S/C16H17NO3/c1-19-12-6-3-5-11(9-12)10-14(18)13-7-4-8-15(20-2)16(13)17/h3-9H,10,17H2,1-2H3. The lowest BCUT2D eigenvalue weighted by Crippen LogP contribution is -2.08. The quantitative estimate of drug-likeness (QED) is 0.671. The summed E-state index contributed by atoms with van der Waals surface area (Å²) in [6.45, 7) is 0. The van der Waals surface area contributed by atoms with E-state index in [9.17, 15) is 4.79 Å². The van der Waals surface area contributed by atoms with Crippen molar-refractivity contribution in [3.63, 3.8) is 0 Å². The average Bonchev–Trinajstić information content (AvgIpc) is 2.47. The van der Waals surface area contributed by atoms with Gasteiger partial charge in [-0.1, -0.05) is 18.2 Å². The Morgan fingerprint density at radius 2 is 1.85 bits per heavy atom. The Bertz CT molecular complexity index is 623. The summed E-state index contributed by atoms with van der Waals surface area (Å²) >= 11 is 0. The van der Waals surface area contributed by atoms with Crippen molar-refractivity contribution in [3.05, 3.63) is 53.6 Å². The number of hydrogen-bond donors (Lipinski definition) is 1. The van der Waals surface area contributed by atoms with Gasteiger partial charge in [0.15, 0.2) is 5.78 Å². The number of ketones is 1. The largest absolute Gasteiger partial charge is 0.497 e. The van der Waals surface area contributed by atoms with E-state index >= 15 is 0 Å². The molecular weight excluding hydrogens is 254 g/mol. The Balaban J connectivity index is 2.24. The van der Waals surface area contributed by atoms with Gasteiger partial charge in [-0.05, 0) is 29.8 Å². The molecule has 0 unspecified atom stereocenters. The molecule has 2 rings (SSSR count). The van der Waals surface area contributed by atoms with Gasteiger partial charge in [-0.2, -0.15) is 0 Å². The zero-order chi connectivity index (χ0) is 14.5. The van der Waals surface area contributed by atoms with E-state index in [0.29, 0.717) is 17.0 Å². The monoisotopic (exact) mass is 271 g/mol. The van der Waals surface area contributed by atoms with Crippen molar-refractivity contribution in [3.8, 4) is 11.5 Å². The number of nitrogens with two attached hydrogens (primary N) is 1. The van der Waals surface area contributed by atoms with Crippen molar-refractivity contribution in [2.75, 3.05) is 20.0 Å².